The summed E-state index contributed by atoms with van der Waals surface area (Å²) in [6, 6.07) is 12.9. The zero-order chi connectivity index (χ0) is 21.1. The Morgan fingerprint density at radius 3 is 2.53 bits per heavy atom. The fraction of sp³-hybridized carbons (Fsp3) is 0. The van der Waals surface area contributed by atoms with Gasteiger partial charge in [0.2, 0.25) is 5.88 Å². The van der Waals surface area contributed by atoms with Gasteiger partial charge in [0.25, 0.3) is 11.5 Å². The minimum absolute atomic E-state index is 0.197. The van der Waals surface area contributed by atoms with Crippen molar-refractivity contribution in [1.82, 2.24) is 20.0 Å². The topological polar surface area (TPSA) is 109 Å². The lowest BCUT2D eigenvalue weighted by Crippen LogP contribution is -2.21. The molecule has 4 rings (SSSR count). The van der Waals surface area contributed by atoms with Gasteiger partial charge in [0, 0.05) is 34.9 Å². The van der Waals surface area contributed by atoms with E-state index in [1.807, 2.05) is 0 Å². The molecule has 2 N–H and O–H groups in total. The number of rotatable bonds is 4. The second-order valence-corrected chi connectivity index (χ2v) is 6.63. The molecule has 0 radical (unpaired) electrons. The number of nitrogens with zero attached hydrogens (tertiary/aromatic N) is 4. The molecule has 3 aromatic heterocycles. The van der Waals surface area contributed by atoms with Gasteiger partial charge in [-0.05, 0) is 30.3 Å². The first-order valence-corrected chi connectivity index (χ1v) is 9.16. The molecule has 8 nitrogen and oxygen atoms in total. The number of fused-ring (bicyclic) bond motifs is 1. The van der Waals surface area contributed by atoms with E-state index < -0.39 is 11.5 Å². The van der Waals surface area contributed by atoms with Gasteiger partial charge in [0.1, 0.15) is 5.82 Å². The van der Waals surface area contributed by atoms with Crippen molar-refractivity contribution in [2.75, 3.05) is 0 Å². The molecule has 0 aliphatic carbocycles. The van der Waals surface area contributed by atoms with Gasteiger partial charge in [-0.3, -0.25) is 14.6 Å². The van der Waals surface area contributed by atoms with E-state index in [2.05, 4.69) is 20.5 Å². The predicted molar refractivity (Wildman–Crippen MR) is 113 cm³/mol. The third kappa shape index (κ3) is 3.63. The summed E-state index contributed by atoms with van der Waals surface area (Å²) in [5, 5.41) is 16.0. The van der Waals surface area contributed by atoms with Crippen LogP contribution in [0, 0.1) is 0 Å². The molecule has 0 fully saturated rings. The number of carbonyl (C=O) groups is 1. The van der Waals surface area contributed by atoms with Crippen LogP contribution in [0.2, 0.25) is 5.02 Å². The Labute approximate surface area is 175 Å². The van der Waals surface area contributed by atoms with Crippen LogP contribution in [0.3, 0.4) is 0 Å². The minimum atomic E-state index is -0.448. The quantitative estimate of drug-likeness (QED) is 0.390. The maximum absolute atomic E-state index is 13.0. The van der Waals surface area contributed by atoms with Gasteiger partial charge < -0.3 is 5.11 Å². The summed E-state index contributed by atoms with van der Waals surface area (Å²) in [5.41, 5.74) is 2.57. The normalized spacial score (nSPS) is 11.1. The van der Waals surface area contributed by atoms with E-state index in [-0.39, 0.29) is 17.3 Å². The largest absolute Gasteiger partial charge is 0.494 e. The molecule has 3 heterocycles. The minimum Gasteiger partial charge on any atom is -0.494 e. The Morgan fingerprint density at radius 1 is 1.10 bits per heavy atom. The first-order valence-electron chi connectivity index (χ1n) is 8.78. The summed E-state index contributed by atoms with van der Waals surface area (Å²) in [4.78, 5) is 33.1. The lowest BCUT2D eigenvalue weighted by molar-refractivity contribution is 0.0955. The van der Waals surface area contributed by atoms with Crippen molar-refractivity contribution in [3.8, 4) is 11.7 Å². The summed E-state index contributed by atoms with van der Waals surface area (Å²) in [6.07, 6.45) is 5.64. The lowest BCUT2D eigenvalue weighted by atomic mass is 10.1. The number of carbonyl (C=O) groups excluding carboxylic acids is 1. The number of benzene rings is 1. The first kappa shape index (κ1) is 19.3. The Balaban J connectivity index is 1.80. The molecule has 0 saturated carbocycles. The van der Waals surface area contributed by atoms with E-state index in [4.69, 9.17) is 11.6 Å². The van der Waals surface area contributed by atoms with E-state index in [9.17, 15) is 14.7 Å². The van der Waals surface area contributed by atoms with Crippen molar-refractivity contribution in [2.45, 2.75) is 0 Å². The maximum atomic E-state index is 13.0. The average molecular weight is 420 g/mol. The molecule has 9 heteroatoms. The average Bonchev–Trinajstić information content (AvgIpc) is 2.78. The van der Waals surface area contributed by atoms with Crippen LogP contribution in [0.5, 0.6) is 5.88 Å². The summed E-state index contributed by atoms with van der Waals surface area (Å²) >= 11 is 5.88. The Hall–Kier alpha value is -4.04. The predicted octanol–water partition coefficient (Wildman–Crippen LogP) is 2.90. The van der Waals surface area contributed by atoms with Crippen LogP contribution in [-0.4, -0.2) is 31.8 Å². The fourth-order valence-corrected chi connectivity index (χ4v) is 3.04. The number of pyridine rings is 3. The van der Waals surface area contributed by atoms with Crippen molar-refractivity contribution < 1.29 is 9.90 Å². The van der Waals surface area contributed by atoms with Gasteiger partial charge in [-0.1, -0.05) is 29.8 Å². The number of amides is 1. The summed E-state index contributed by atoms with van der Waals surface area (Å²) < 4.78 is 1.06. The fourth-order valence-electron chi connectivity index (χ4n) is 2.93. The standard InChI is InChI=1S/C21H14ClN5O3/c22-14-5-6-18(24-11-14)27-20(29)16-4-2-1-3-15(16)17(21(27)30)12-25-26-19(28)13-7-9-23-10-8-13/h1-12,30H,(H,26,28)/b25-12+. The van der Waals surface area contributed by atoms with Gasteiger partial charge in [-0.25, -0.2) is 15.0 Å². The number of nitrogens with one attached hydrogen (secondary N) is 1. The van der Waals surface area contributed by atoms with E-state index in [0.717, 1.165) is 4.57 Å². The number of hydrogen-bond donors (Lipinski definition) is 2. The molecule has 0 aliphatic heterocycles. The Kier molecular flexibility index (Phi) is 5.23. The second-order valence-electron chi connectivity index (χ2n) is 6.19. The molecule has 1 amide bonds. The summed E-state index contributed by atoms with van der Waals surface area (Å²) in [7, 11) is 0. The molecule has 1 aromatic carbocycles. The zero-order valence-corrected chi connectivity index (χ0v) is 16.1. The summed E-state index contributed by atoms with van der Waals surface area (Å²) in [6.45, 7) is 0. The molecule has 0 atom stereocenters. The maximum Gasteiger partial charge on any atom is 0.271 e. The van der Waals surface area contributed by atoms with Crippen LogP contribution in [0.1, 0.15) is 15.9 Å². The van der Waals surface area contributed by atoms with Gasteiger partial charge >= 0.3 is 0 Å². The van der Waals surface area contributed by atoms with Crippen molar-refractivity contribution >= 4 is 34.5 Å². The van der Waals surface area contributed by atoms with E-state index >= 15 is 0 Å². The van der Waals surface area contributed by atoms with Gasteiger partial charge in [0.15, 0.2) is 0 Å². The number of hydrazone groups is 1. The van der Waals surface area contributed by atoms with Crippen molar-refractivity contribution in [3.63, 3.8) is 0 Å². The summed E-state index contributed by atoms with van der Waals surface area (Å²) in [5.74, 6) is -0.608. The Bertz CT molecular complexity index is 1320. The van der Waals surface area contributed by atoms with E-state index in [0.29, 0.717) is 21.4 Å². The highest BCUT2D eigenvalue weighted by Crippen LogP contribution is 2.25. The molecular formula is C21H14ClN5O3. The number of aromatic nitrogens is 3. The number of halogens is 1. The van der Waals surface area contributed by atoms with Gasteiger partial charge in [-0.15, -0.1) is 0 Å². The van der Waals surface area contributed by atoms with Gasteiger partial charge in [0.05, 0.1) is 16.8 Å². The number of aromatic hydroxyl groups is 1. The molecule has 148 valence electrons. The molecule has 0 unspecified atom stereocenters. The van der Waals surface area contributed by atoms with Crippen LogP contribution in [0.25, 0.3) is 16.6 Å². The van der Waals surface area contributed by atoms with Crippen LogP contribution in [-0.2, 0) is 0 Å². The molecule has 0 spiro atoms. The second kappa shape index (κ2) is 8.14. The van der Waals surface area contributed by atoms with Crippen LogP contribution < -0.4 is 11.0 Å². The lowest BCUT2D eigenvalue weighted by Gasteiger charge is -2.12. The smallest absolute Gasteiger partial charge is 0.271 e. The van der Waals surface area contributed by atoms with Gasteiger partial charge in [-0.2, -0.15) is 5.10 Å². The Morgan fingerprint density at radius 2 is 1.83 bits per heavy atom. The van der Waals surface area contributed by atoms with E-state index in [1.54, 1.807) is 42.5 Å². The molecular weight excluding hydrogens is 406 g/mol. The monoisotopic (exact) mass is 419 g/mol. The molecule has 0 saturated heterocycles. The molecule has 30 heavy (non-hydrogen) atoms. The highest BCUT2D eigenvalue weighted by Gasteiger charge is 2.17. The SMILES string of the molecule is O=C(N/N=C/c1c(O)n(-c2ccc(Cl)cn2)c(=O)c2ccccc12)c1ccncc1. The van der Waals surface area contributed by atoms with Crippen LogP contribution in [0.15, 0.2) is 77.0 Å². The van der Waals surface area contributed by atoms with Crippen molar-refractivity contribution in [2.24, 2.45) is 5.10 Å². The van der Waals surface area contributed by atoms with Crippen molar-refractivity contribution in [3.05, 3.63) is 93.6 Å². The van der Waals surface area contributed by atoms with E-state index in [1.165, 1.54) is 30.9 Å². The van der Waals surface area contributed by atoms with Crippen LogP contribution in [0.4, 0.5) is 0 Å². The number of hydrogen-bond acceptors (Lipinski definition) is 6. The first-order chi connectivity index (χ1) is 14.6. The third-order valence-corrected chi connectivity index (χ3v) is 4.57. The third-order valence-electron chi connectivity index (χ3n) is 4.35. The zero-order valence-electron chi connectivity index (χ0n) is 15.4. The van der Waals surface area contributed by atoms with Crippen molar-refractivity contribution in [1.29, 1.82) is 0 Å². The molecule has 0 aliphatic rings. The highest BCUT2D eigenvalue weighted by atomic mass is 35.5. The highest BCUT2D eigenvalue weighted by molar-refractivity contribution is 6.30. The molecule has 0 bridgehead atoms. The van der Waals surface area contributed by atoms with Crippen LogP contribution >= 0.6 is 11.6 Å². The molecule has 4 aromatic rings.